The SMILES string of the molecule is C.COc1c([N+](=O)[O-])ccc(C=O)c1C.COc1c([N+](=O)[O-])ccc(CC#N)c1C. The summed E-state index contributed by atoms with van der Waals surface area (Å²) < 4.78 is 9.85. The van der Waals surface area contributed by atoms with Gasteiger partial charge in [0.25, 0.3) is 0 Å². The molecule has 0 amide bonds. The highest BCUT2D eigenvalue weighted by Crippen LogP contribution is 2.33. The molecule has 0 saturated carbocycles. The van der Waals surface area contributed by atoms with Gasteiger partial charge in [-0.3, -0.25) is 25.0 Å². The number of carbonyl (C=O) groups is 1. The van der Waals surface area contributed by atoms with Crippen molar-refractivity contribution in [2.45, 2.75) is 27.7 Å². The van der Waals surface area contributed by atoms with Crippen molar-refractivity contribution in [3.63, 3.8) is 0 Å². The van der Waals surface area contributed by atoms with E-state index >= 15 is 0 Å². The number of rotatable bonds is 6. The highest BCUT2D eigenvalue weighted by molar-refractivity contribution is 5.80. The first-order valence-electron chi connectivity index (χ1n) is 8.18. The number of benzene rings is 2. The van der Waals surface area contributed by atoms with Gasteiger partial charge in [-0.05, 0) is 25.5 Å². The van der Waals surface area contributed by atoms with E-state index in [2.05, 4.69) is 0 Å². The van der Waals surface area contributed by atoms with Crippen molar-refractivity contribution in [2.24, 2.45) is 0 Å². The number of hydrogen-bond acceptors (Lipinski definition) is 8. The molecule has 0 spiro atoms. The number of nitro groups is 2. The first kappa shape index (κ1) is 26.0. The number of methoxy groups -OCH3 is 2. The Morgan fingerprint density at radius 3 is 1.83 bits per heavy atom. The smallest absolute Gasteiger partial charge is 0.311 e. The lowest BCUT2D eigenvalue weighted by atomic mass is 10.0. The Kier molecular flexibility index (Phi) is 10.2. The molecule has 0 aliphatic heterocycles. The molecule has 0 N–H and O–H groups in total. The third-order valence-electron chi connectivity index (χ3n) is 4.12. The van der Waals surface area contributed by atoms with E-state index in [4.69, 9.17) is 14.7 Å². The highest BCUT2D eigenvalue weighted by Gasteiger charge is 2.19. The van der Waals surface area contributed by atoms with Gasteiger partial charge in [-0.25, -0.2) is 0 Å². The van der Waals surface area contributed by atoms with Crippen LogP contribution in [0.5, 0.6) is 11.5 Å². The van der Waals surface area contributed by atoms with Crippen LogP contribution in [0.4, 0.5) is 11.4 Å². The lowest BCUT2D eigenvalue weighted by Crippen LogP contribution is -1.98. The van der Waals surface area contributed by atoms with E-state index in [1.165, 1.54) is 32.4 Å². The molecule has 0 aliphatic rings. The van der Waals surface area contributed by atoms with Gasteiger partial charge in [0.15, 0.2) is 11.5 Å². The number of aldehydes is 1. The van der Waals surface area contributed by atoms with E-state index in [0.29, 0.717) is 23.0 Å². The van der Waals surface area contributed by atoms with Crippen molar-refractivity contribution in [3.8, 4) is 17.6 Å². The Morgan fingerprint density at radius 2 is 1.43 bits per heavy atom. The summed E-state index contributed by atoms with van der Waals surface area (Å²) in [7, 11) is 2.72. The van der Waals surface area contributed by atoms with Gasteiger partial charge in [-0.15, -0.1) is 0 Å². The lowest BCUT2D eigenvalue weighted by molar-refractivity contribution is -0.385. The molecule has 0 radical (unpaired) electrons. The lowest BCUT2D eigenvalue weighted by Gasteiger charge is -2.08. The normalized spacial score (nSPS) is 9.17. The predicted molar refractivity (Wildman–Crippen MR) is 110 cm³/mol. The second-order valence-electron chi connectivity index (χ2n) is 5.70. The van der Waals surface area contributed by atoms with E-state index in [0.717, 1.165) is 5.56 Å². The summed E-state index contributed by atoms with van der Waals surface area (Å²) in [5.41, 5.74) is 2.07. The first-order chi connectivity index (χ1) is 13.7. The Morgan fingerprint density at radius 1 is 0.967 bits per heavy atom. The second kappa shape index (κ2) is 11.8. The average molecular weight is 417 g/mol. The number of nitriles is 1. The van der Waals surface area contributed by atoms with Crippen molar-refractivity contribution in [1.82, 2.24) is 0 Å². The zero-order valence-electron chi connectivity index (χ0n) is 16.3. The quantitative estimate of drug-likeness (QED) is 0.383. The fourth-order valence-corrected chi connectivity index (χ4v) is 2.62. The van der Waals surface area contributed by atoms with Crippen molar-refractivity contribution < 1.29 is 24.1 Å². The predicted octanol–water partition coefficient (Wildman–Crippen LogP) is 4.34. The van der Waals surface area contributed by atoms with Crippen LogP contribution in [0.1, 0.15) is 34.5 Å². The zero-order chi connectivity index (χ0) is 22.1. The van der Waals surface area contributed by atoms with Gasteiger partial charge >= 0.3 is 11.4 Å². The molecule has 10 nitrogen and oxygen atoms in total. The summed E-state index contributed by atoms with van der Waals surface area (Å²) in [5.74, 6) is 0.368. The number of hydrogen-bond donors (Lipinski definition) is 0. The fraction of sp³-hybridized carbons (Fsp3) is 0.300. The molecule has 0 aromatic heterocycles. The van der Waals surface area contributed by atoms with Gasteiger partial charge in [0.1, 0.15) is 6.29 Å². The van der Waals surface area contributed by atoms with E-state index in [9.17, 15) is 25.0 Å². The molecule has 0 saturated heterocycles. The van der Waals surface area contributed by atoms with Crippen LogP contribution in [0.3, 0.4) is 0 Å². The molecule has 0 heterocycles. The van der Waals surface area contributed by atoms with E-state index < -0.39 is 9.85 Å². The second-order valence-corrected chi connectivity index (χ2v) is 5.70. The van der Waals surface area contributed by atoms with E-state index in [-0.39, 0.29) is 36.7 Å². The topological polar surface area (TPSA) is 146 Å². The zero-order valence-corrected chi connectivity index (χ0v) is 16.3. The van der Waals surface area contributed by atoms with Crippen molar-refractivity contribution >= 4 is 17.7 Å². The molecule has 10 heteroatoms. The molecule has 0 atom stereocenters. The van der Waals surface area contributed by atoms with E-state index in [1.54, 1.807) is 19.9 Å². The molecule has 2 rings (SSSR count). The third-order valence-corrected chi connectivity index (χ3v) is 4.12. The summed E-state index contributed by atoms with van der Waals surface area (Å²) in [6.45, 7) is 3.31. The van der Waals surface area contributed by atoms with Gasteiger partial charge in [0, 0.05) is 28.8 Å². The maximum atomic E-state index is 10.7. The van der Waals surface area contributed by atoms with Gasteiger partial charge < -0.3 is 9.47 Å². The van der Waals surface area contributed by atoms with Crippen LogP contribution in [0.25, 0.3) is 0 Å². The molecule has 0 aliphatic carbocycles. The van der Waals surface area contributed by atoms with E-state index in [1.807, 2.05) is 6.07 Å². The van der Waals surface area contributed by atoms with Crippen LogP contribution in [-0.2, 0) is 6.42 Å². The van der Waals surface area contributed by atoms with Gasteiger partial charge in [-0.2, -0.15) is 5.26 Å². The molecular weight excluding hydrogens is 394 g/mol. The largest absolute Gasteiger partial charge is 0.490 e. The Bertz CT molecular complexity index is 981. The van der Waals surface area contributed by atoms with Crippen LogP contribution >= 0.6 is 0 Å². The molecule has 2 aromatic carbocycles. The monoisotopic (exact) mass is 417 g/mol. The number of ether oxygens (including phenoxy) is 2. The molecule has 30 heavy (non-hydrogen) atoms. The standard InChI is InChI=1S/C10H10N2O3.C9H9NO4.CH4/c1-7-8(5-6-11)3-4-9(12(13)14)10(7)15-2;1-6-7(5-11)3-4-8(10(12)13)9(6)14-2;/h3-4H,5H2,1-2H3;3-5H,1-2H3;1H4. The van der Waals surface area contributed by atoms with Crippen molar-refractivity contribution in [2.75, 3.05) is 14.2 Å². The molecule has 160 valence electrons. The maximum absolute atomic E-state index is 10.7. The van der Waals surface area contributed by atoms with Crippen LogP contribution in [0, 0.1) is 45.4 Å². The third kappa shape index (κ3) is 5.75. The number of carbonyl (C=O) groups excluding carboxylic acids is 1. The minimum atomic E-state index is -0.541. The number of nitrogens with zero attached hydrogens (tertiary/aromatic N) is 3. The molecule has 0 bridgehead atoms. The highest BCUT2D eigenvalue weighted by atomic mass is 16.6. The summed E-state index contributed by atoms with van der Waals surface area (Å²) in [5, 5.41) is 29.8. The molecule has 0 fully saturated rings. The van der Waals surface area contributed by atoms with Gasteiger partial charge in [0.05, 0.1) is 36.6 Å². The van der Waals surface area contributed by atoms with Crippen molar-refractivity contribution in [1.29, 1.82) is 5.26 Å². The van der Waals surface area contributed by atoms with Crippen LogP contribution in [-0.4, -0.2) is 30.4 Å². The Labute approximate surface area is 174 Å². The minimum absolute atomic E-state index is 0. The summed E-state index contributed by atoms with van der Waals surface area (Å²) in [6.07, 6.45) is 0.863. The molecule has 2 aromatic rings. The van der Waals surface area contributed by atoms with Gasteiger partial charge in [0.2, 0.25) is 0 Å². The molecular formula is C20H23N3O7. The van der Waals surface area contributed by atoms with Crippen LogP contribution < -0.4 is 9.47 Å². The van der Waals surface area contributed by atoms with Crippen LogP contribution in [0.2, 0.25) is 0 Å². The summed E-state index contributed by atoms with van der Waals surface area (Å²) in [6, 6.07) is 7.61. The number of nitro benzene ring substituents is 2. The molecule has 0 unspecified atom stereocenters. The minimum Gasteiger partial charge on any atom is -0.490 e. The van der Waals surface area contributed by atoms with Gasteiger partial charge in [-0.1, -0.05) is 13.5 Å². The Hall–Kier alpha value is -4.00. The Balaban J connectivity index is 0.000000544. The average Bonchev–Trinajstić information content (AvgIpc) is 2.69. The van der Waals surface area contributed by atoms with Crippen LogP contribution in [0.15, 0.2) is 24.3 Å². The van der Waals surface area contributed by atoms with Crippen molar-refractivity contribution in [3.05, 3.63) is 66.7 Å². The maximum Gasteiger partial charge on any atom is 0.311 e. The summed E-state index contributed by atoms with van der Waals surface area (Å²) in [4.78, 5) is 30.7. The first-order valence-corrected chi connectivity index (χ1v) is 8.18. The summed E-state index contributed by atoms with van der Waals surface area (Å²) >= 11 is 0. The fourth-order valence-electron chi connectivity index (χ4n) is 2.62.